The molecule has 1 amide bonds. The number of nitrogens with two attached hydrogens (primary N) is 1. The Balaban J connectivity index is 1.56. The Morgan fingerprint density at radius 1 is 1.21 bits per heavy atom. The number of nitrogen functional groups attached to an aromatic ring is 1. The first-order chi connectivity index (χ1) is 14.0. The lowest BCUT2D eigenvalue weighted by molar-refractivity contribution is -0.130. The van der Waals surface area contributed by atoms with Gasteiger partial charge in [-0.3, -0.25) is 4.79 Å². The zero-order chi connectivity index (χ0) is 20.8. The summed E-state index contributed by atoms with van der Waals surface area (Å²) in [5.74, 6) is -0.460. The monoisotopic (exact) mass is 415 g/mol. The molecule has 0 aliphatic carbocycles. The summed E-state index contributed by atoms with van der Waals surface area (Å²) < 4.78 is 4.92. The van der Waals surface area contributed by atoms with Gasteiger partial charge in [-0.05, 0) is 26.0 Å². The normalized spacial score (nSPS) is 15.1. The summed E-state index contributed by atoms with van der Waals surface area (Å²) in [4.78, 5) is 37.1. The number of para-hydroxylation sites is 1. The predicted octanol–water partition coefficient (Wildman–Crippen LogP) is 2.06. The quantitative estimate of drug-likeness (QED) is 0.435. The lowest BCUT2D eigenvalue weighted by Gasteiger charge is -2.37. The van der Waals surface area contributed by atoms with E-state index in [-0.39, 0.29) is 29.1 Å². The van der Waals surface area contributed by atoms with E-state index in [1.807, 2.05) is 30.0 Å². The third-order valence-corrected chi connectivity index (χ3v) is 5.60. The fourth-order valence-corrected chi connectivity index (χ4v) is 3.92. The molecule has 9 heteroatoms. The van der Waals surface area contributed by atoms with E-state index in [4.69, 9.17) is 10.5 Å². The fraction of sp³-hybridized carbons (Fsp3) is 0.400. The number of carbonyl (C=O) groups is 2. The standard InChI is InChI=1S/C20H25N5O3S/c1-3-28-19(27)16-13-22-20(23-17(16)21)29-14(2)18(26)25-11-9-24(10-12-25)15-7-5-4-6-8-15/h4-8,13-14H,3,9-12H2,1-2H3,(H2,21,22,23)/t14-/m0/s1. The molecule has 0 unspecified atom stereocenters. The van der Waals surface area contributed by atoms with Crippen molar-refractivity contribution in [3.63, 3.8) is 0 Å². The van der Waals surface area contributed by atoms with Gasteiger partial charge in [0.1, 0.15) is 11.4 Å². The number of amides is 1. The van der Waals surface area contributed by atoms with Gasteiger partial charge < -0.3 is 20.3 Å². The number of hydrogen-bond donors (Lipinski definition) is 1. The fourth-order valence-electron chi connectivity index (χ4n) is 3.09. The maximum Gasteiger partial charge on any atom is 0.343 e. The first-order valence-electron chi connectivity index (χ1n) is 9.54. The number of rotatable bonds is 6. The zero-order valence-corrected chi connectivity index (χ0v) is 17.4. The lowest BCUT2D eigenvalue weighted by Crippen LogP contribution is -2.50. The summed E-state index contributed by atoms with van der Waals surface area (Å²) in [6, 6.07) is 10.2. The molecular formula is C20H25N5O3S. The van der Waals surface area contributed by atoms with E-state index in [1.165, 1.54) is 23.6 Å². The largest absolute Gasteiger partial charge is 0.462 e. The first kappa shape index (κ1) is 20.9. The number of ether oxygens (including phenoxy) is 1. The summed E-state index contributed by atoms with van der Waals surface area (Å²) in [5, 5.41) is 0.00504. The molecule has 29 heavy (non-hydrogen) atoms. The van der Waals surface area contributed by atoms with Crippen LogP contribution in [0.15, 0.2) is 41.7 Å². The highest BCUT2D eigenvalue weighted by Crippen LogP contribution is 2.24. The number of piperazine rings is 1. The molecule has 1 aromatic carbocycles. The Bertz CT molecular complexity index is 856. The van der Waals surface area contributed by atoms with E-state index in [0.29, 0.717) is 18.2 Å². The van der Waals surface area contributed by atoms with Gasteiger partial charge in [-0.15, -0.1) is 0 Å². The first-order valence-corrected chi connectivity index (χ1v) is 10.4. The summed E-state index contributed by atoms with van der Waals surface area (Å²) >= 11 is 1.23. The van der Waals surface area contributed by atoms with Crippen LogP contribution < -0.4 is 10.6 Å². The minimum absolute atomic E-state index is 0.0411. The van der Waals surface area contributed by atoms with Gasteiger partial charge in [-0.2, -0.15) is 0 Å². The summed E-state index contributed by atoms with van der Waals surface area (Å²) in [6.07, 6.45) is 1.35. The molecule has 2 heterocycles. The molecule has 2 N–H and O–H groups in total. The number of nitrogens with zero attached hydrogens (tertiary/aromatic N) is 4. The van der Waals surface area contributed by atoms with Crippen molar-refractivity contribution in [3.05, 3.63) is 42.1 Å². The van der Waals surface area contributed by atoms with Crippen molar-refractivity contribution in [2.45, 2.75) is 24.3 Å². The molecule has 1 aromatic heterocycles. The molecular weight excluding hydrogens is 390 g/mol. The van der Waals surface area contributed by atoms with Crippen molar-refractivity contribution in [1.29, 1.82) is 0 Å². The smallest absolute Gasteiger partial charge is 0.343 e. The van der Waals surface area contributed by atoms with Crippen LogP contribution >= 0.6 is 11.8 Å². The van der Waals surface area contributed by atoms with Crippen LogP contribution in [0.1, 0.15) is 24.2 Å². The third kappa shape index (κ3) is 5.17. The SMILES string of the molecule is CCOC(=O)c1cnc(S[C@@H](C)C(=O)N2CCN(c3ccccc3)CC2)nc1N. The Hall–Kier alpha value is -2.81. The summed E-state index contributed by atoms with van der Waals surface area (Å²) in [7, 11) is 0. The van der Waals surface area contributed by atoms with Crippen LogP contribution in [0.2, 0.25) is 0 Å². The van der Waals surface area contributed by atoms with Crippen molar-refractivity contribution < 1.29 is 14.3 Å². The molecule has 1 aliphatic rings. The molecule has 1 saturated heterocycles. The van der Waals surface area contributed by atoms with Crippen molar-refractivity contribution in [3.8, 4) is 0 Å². The van der Waals surface area contributed by atoms with E-state index < -0.39 is 5.97 Å². The van der Waals surface area contributed by atoms with Crippen molar-refractivity contribution in [2.75, 3.05) is 43.4 Å². The van der Waals surface area contributed by atoms with E-state index in [9.17, 15) is 9.59 Å². The number of hydrogen-bond acceptors (Lipinski definition) is 8. The van der Waals surface area contributed by atoms with Crippen LogP contribution in [0.5, 0.6) is 0 Å². The molecule has 0 spiro atoms. The van der Waals surface area contributed by atoms with E-state index in [1.54, 1.807) is 6.92 Å². The molecule has 0 bridgehead atoms. The number of thioether (sulfide) groups is 1. The number of benzene rings is 1. The summed E-state index contributed by atoms with van der Waals surface area (Å²) in [5.41, 5.74) is 7.16. The molecule has 2 aromatic rings. The Morgan fingerprint density at radius 2 is 1.90 bits per heavy atom. The van der Waals surface area contributed by atoms with Crippen LogP contribution in [0.25, 0.3) is 0 Å². The second kappa shape index (κ2) is 9.60. The second-order valence-electron chi connectivity index (χ2n) is 6.58. The van der Waals surface area contributed by atoms with E-state index in [0.717, 1.165) is 13.1 Å². The summed E-state index contributed by atoms with van der Waals surface area (Å²) in [6.45, 7) is 6.72. The maximum atomic E-state index is 12.8. The van der Waals surface area contributed by atoms with Gasteiger partial charge in [0.15, 0.2) is 5.16 Å². The molecule has 0 saturated carbocycles. The molecule has 0 radical (unpaired) electrons. The van der Waals surface area contributed by atoms with Gasteiger partial charge in [0.05, 0.1) is 11.9 Å². The third-order valence-electron chi connectivity index (χ3n) is 4.63. The van der Waals surface area contributed by atoms with Crippen molar-refractivity contribution in [2.24, 2.45) is 0 Å². The van der Waals surface area contributed by atoms with E-state index in [2.05, 4.69) is 27.0 Å². The average Bonchev–Trinajstić information content (AvgIpc) is 2.74. The van der Waals surface area contributed by atoms with Gasteiger partial charge in [0, 0.05) is 38.1 Å². The van der Waals surface area contributed by atoms with Crippen molar-refractivity contribution in [1.82, 2.24) is 14.9 Å². The molecule has 1 fully saturated rings. The van der Waals surface area contributed by atoms with Crippen LogP contribution in [0, 0.1) is 0 Å². The number of carbonyl (C=O) groups excluding carboxylic acids is 2. The molecule has 154 valence electrons. The van der Waals surface area contributed by atoms with Crippen LogP contribution in [0.4, 0.5) is 11.5 Å². The number of aromatic nitrogens is 2. The molecule has 3 rings (SSSR count). The van der Waals surface area contributed by atoms with Crippen molar-refractivity contribution >= 4 is 35.1 Å². The lowest BCUT2D eigenvalue weighted by atomic mass is 10.2. The minimum atomic E-state index is -0.554. The maximum absolute atomic E-state index is 12.8. The van der Waals surface area contributed by atoms with Crippen LogP contribution in [0.3, 0.4) is 0 Å². The van der Waals surface area contributed by atoms with Gasteiger partial charge in [-0.25, -0.2) is 14.8 Å². The molecule has 1 aliphatic heterocycles. The van der Waals surface area contributed by atoms with Crippen LogP contribution in [-0.2, 0) is 9.53 Å². The second-order valence-corrected chi connectivity index (χ2v) is 7.89. The highest BCUT2D eigenvalue weighted by atomic mass is 32.2. The van der Waals surface area contributed by atoms with Gasteiger partial charge >= 0.3 is 5.97 Å². The van der Waals surface area contributed by atoms with Crippen LogP contribution in [-0.4, -0.2) is 64.8 Å². The number of anilines is 2. The predicted molar refractivity (Wildman–Crippen MR) is 113 cm³/mol. The van der Waals surface area contributed by atoms with Gasteiger partial charge in [0.25, 0.3) is 0 Å². The van der Waals surface area contributed by atoms with Gasteiger partial charge in [0.2, 0.25) is 5.91 Å². The minimum Gasteiger partial charge on any atom is -0.462 e. The van der Waals surface area contributed by atoms with E-state index >= 15 is 0 Å². The highest BCUT2D eigenvalue weighted by Gasteiger charge is 2.26. The average molecular weight is 416 g/mol. The highest BCUT2D eigenvalue weighted by molar-refractivity contribution is 8.00. The number of esters is 1. The Morgan fingerprint density at radius 3 is 2.52 bits per heavy atom. The van der Waals surface area contributed by atoms with Gasteiger partial charge in [-0.1, -0.05) is 30.0 Å². The Kier molecular flexibility index (Phi) is 6.92. The topological polar surface area (TPSA) is 102 Å². The Labute approximate surface area is 174 Å². The molecule has 8 nitrogen and oxygen atoms in total. The zero-order valence-electron chi connectivity index (χ0n) is 16.6. The molecule has 1 atom stereocenters.